The largest absolute Gasteiger partial charge is 0.496 e. The van der Waals surface area contributed by atoms with Gasteiger partial charge in [-0.1, -0.05) is 18.2 Å². The van der Waals surface area contributed by atoms with Gasteiger partial charge in [-0.15, -0.1) is 6.58 Å². The summed E-state index contributed by atoms with van der Waals surface area (Å²) in [5, 5.41) is 0. The van der Waals surface area contributed by atoms with Crippen molar-refractivity contribution in [3.8, 4) is 5.75 Å². The van der Waals surface area contributed by atoms with Crippen LogP contribution in [0.25, 0.3) is 0 Å². The van der Waals surface area contributed by atoms with Gasteiger partial charge in [0.25, 0.3) is 0 Å². The molecule has 0 fully saturated rings. The minimum atomic E-state index is 0.154. The third-order valence-corrected chi connectivity index (χ3v) is 2.47. The fourth-order valence-corrected chi connectivity index (χ4v) is 1.58. The van der Waals surface area contributed by atoms with Crippen LogP contribution < -0.4 is 4.74 Å². The van der Waals surface area contributed by atoms with Gasteiger partial charge in [-0.25, -0.2) is 0 Å². The molecule has 0 aliphatic heterocycles. The Kier molecular flexibility index (Phi) is 5.34. The molecule has 0 saturated carbocycles. The first-order chi connectivity index (χ1) is 7.79. The van der Waals surface area contributed by atoms with E-state index in [1.807, 2.05) is 30.3 Å². The van der Waals surface area contributed by atoms with Gasteiger partial charge in [0.05, 0.1) is 12.7 Å². The number of carbonyl (C=O) groups excluding carboxylic acids is 1. The van der Waals surface area contributed by atoms with Crippen molar-refractivity contribution in [3.63, 3.8) is 0 Å². The molecule has 0 N–H and O–H groups in total. The molecule has 86 valence electrons. The Bertz CT molecular complexity index is 356. The van der Waals surface area contributed by atoms with E-state index in [1.165, 1.54) is 0 Å². The normalized spacial score (nSPS) is 9.81. The van der Waals surface area contributed by atoms with Gasteiger partial charge >= 0.3 is 0 Å². The molecule has 0 spiro atoms. The Labute approximate surface area is 96.9 Å². The minimum Gasteiger partial charge on any atom is -0.496 e. The molecular weight excluding hydrogens is 200 g/mol. The van der Waals surface area contributed by atoms with Crippen molar-refractivity contribution >= 4 is 5.78 Å². The highest BCUT2D eigenvalue weighted by molar-refractivity contribution is 5.98. The minimum absolute atomic E-state index is 0.154. The van der Waals surface area contributed by atoms with Crippen molar-refractivity contribution in [2.75, 3.05) is 7.11 Å². The first-order valence-electron chi connectivity index (χ1n) is 5.56. The van der Waals surface area contributed by atoms with E-state index in [4.69, 9.17) is 4.74 Å². The average Bonchev–Trinajstić information content (AvgIpc) is 2.34. The molecule has 0 aliphatic rings. The second-order valence-corrected chi connectivity index (χ2v) is 3.66. The quantitative estimate of drug-likeness (QED) is 0.397. The lowest BCUT2D eigenvalue weighted by molar-refractivity contribution is 0.0976. The average molecular weight is 218 g/mol. The van der Waals surface area contributed by atoms with Crippen molar-refractivity contribution < 1.29 is 9.53 Å². The van der Waals surface area contributed by atoms with E-state index in [9.17, 15) is 4.79 Å². The number of ketones is 1. The van der Waals surface area contributed by atoms with Gasteiger partial charge in [-0.3, -0.25) is 4.79 Å². The fourth-order valence-electron chi connectivity index (χ4n) is 1.58. The number of Topliss-reactive ketones (excluding diaryl/α,β-unsaturated/α-hetero) is 1. The van der Waals surface area contributed by atoms with E-state index in [-0.39, 0.29) is 5.78 Å². The summed E-state index contributed by atoms with van der Waals surface area (Å²) in [6.07, 6.45) is 5.36. The predicted octanol–water partition coefficient (Wildman–Crippen LogP) is 3.62. The van der Waals surface area contributed by atoms with Crippen LogP contribution in [-0.4, -0.2) is 12.9 Å². The first kappa shape index (κ1) is 12.5. The molecule has 0 saturated heterocycles. The Balaban J connectivity index is 2.55. The van der Waals surface area contributed by atoms with Crippen LogP contribution in [0, 0.1) is 0 Å². The van der Waals surface area contributed by atoms with E-state index < -0.39 is 0 Å². The molecule has 0 atom stereocenters. The third kappa shape index (κ3) is 3.54. The fraction of sp³-hybridized carbons (Fsp3) is 0.357. The number of methoxy groups -OCH3 is 1. The zero-order valence-corrected chi connectivity index (χ0v) is 9.74. The summed E-state index contributed by atoms with van der Waals surface area (Å²) in [5.74, 6) is 0.817. The van der Waals surface area contributed by atoms with Crippen LogP contribution in [0.2, 0.25) is 0 Å². The highest BCUT2D eigenvalue weighted by Gasteiger charge is 2.10. The van der Waals surface area contributed by atoms with Crippen molar-refractivity contribution in [3.05, 3.63) is 42.5 Å². The molecule has 0 radical (unpaired) electrons. The highest BCUT2D eigenvalue weighted by atomic mass is 16.5. The smallest absolute Gasteiger partial charge is 0.166 e. The van der Waals surface area contributed by atoms with E-state index in [2.05, 4.69) is 6.58 Å². The Morgan fingerprint density at radius 1 is 1.38 bits per heavy atom. The van der Waals surface area contributed by atoms with Gasteiger partial charge in [0.2, 0.25) is 0 Å². The topological polar surface area (TPSA) is 26.3 Å². The monoisotopic (exact) mass is 218 g/mol. The van der Waals surface area contributed by atoms with Gasteiger partial charge in [0, 0.05) is 6.42 Å². The van der Waals surface area contributed by atoms with Gasteiger partial charge in [-0.05, 0) is 31.4 Å². The Hall–Kier alpha value is -1.57. The third-order valence-electron chi connectivity index (χ3n) is 2.47. The summed E-state index contributed by atoms with van der Waals surface area (Å²) in [6, 6.07) is 7.36. The van der Waals surface area contributed by atoms with Gasteiger partial charge in [-0.2, -0.15) is 0 Å². The lowest BCUT2D eigenvalue weighted by atomic mass is 10.0. The van der Waals surface area contributed by atoms with Crippen LogP contribution >= 0.6 is 0 Å². The molecule has 1 aromatic carbocycles. The van der Waals surface area contributed by atoms with Crippen LogP contribution in [0.4, 0.5) is 0 Å². The van der Waals surface area contributed by atoms with Gasteiger partial charge < -0.3 is 4.74 Å². The van der Waals surface area contributed by atoms with Crippen LogP contribution in [0.15, 0.2) is 36.9 Å². The molecular formula is C14H18O2. The number of benzene rings is 1. The molecule has 0 aromatic heterocycles. The van der Waals surface area contributed by atoms with E-state index in [1.54, 1.807) is 7.11 Å². The Morgan fingerprint density at radius 3 is 2.81 bits per heavy atom. The van der Waals surface area contributed by atoms with E-state index >= 15 is 0 Å². The van der Waals surface area contributed by atoms with Crippen molar-refractivity contribution in [1.29, 1.82) is 0 Å². The van der Waals surface area contributed by atoms with Crippen LogP contribution in [0.3, 0.4) is 0 Å². The first-order valence-corrected chi connectivity index (χ1v) is 5.56. The maximum absolute atomic E-state index is 11.9. The molecule has 2 heteroatoms. The lowest BCUT2D eigenvalue weighted by Crippen LogP contribution is -2.01. The number of para-hydroxylation sites is 1. The van der Waals surface area contributed by atoms with E-state index in [0.29, 0.717) is 17.7 Å². The van der Waals surface area contributed by atoms with Crippen molar-refractivity contribution in [2.24, 2.45) is 0 Å². The zero-order chi connectivity index (χ0) is 11.8. The summed E-state index contributed by atoms with van der Waals surface area (Å²) in [6.45, 7) is 3.66. The molecule has 1 rings (SSSR count). The number of allylic oxidation sites excluding steroid dienone is 1. The second-order valence-electron chi connectivity index (χ2n) is 3.66. The number of ether oxygens (including phenoxy) is 1. The van der Waals surface area contributed by atoms with Crippen LogP contribution in [-0.2, 0) is 0 Å². The summed E-state index contributed by atoms with van der Waals surface area (Å²) in [5.41, 5.74) is 0.684. The van der Waals surface area contributed by atoms with E-state index in [0.717, 1.165) is 19.3 Å². The van der Waals surface area contributed by atoms with Gasteiger partial charge in [0.15, 0.2) is 5.78 Å². The second kappa shape index (κ2) is 6.83. The maximum Gasteiger partial charge on any atom is 0.166 e. The summed E-state index contributed by atoms with van der Waals surface area (Å²) in [4.78, 5) is 11.9. The maximum atomic E-state index is 11.9. The highest BCUT2D eigenvalue weighted by Crippen LogP contribution is 2.19. The summed E-state index contributed by atoms with van der Waals surface area (Å²) >= 11 is 0. The number of unbranched alkanes of at least 4 members (excludes halogenated alkanes) is 2. The molecule has 0 aliphatic carbocycles. The summed E-state index contributed by atoms with van der Waals surface area (Å²) in [7, 11) is 1.59. The predicted molar refractivity (Wildman–Crippen MR) is 66.0 cm³/mol. The molecule has 16 heavy (non-hydrogen) atoms. The SMILES string of the molecule is C=CCCCCC(=O)c1ccccc1OC. The number of carbonyl (C=O) groups is 1. The van der Waals surface area contributed by atoms with Crippen molar-refractivity contribution in [1.82, 2.24) is 0 Å². The number of hydrogen-bond acceptors (Lipinski definition) is 2. The van der Waals surface area contributed by atoms with Crippen molar-refractivity contribution in [2.45, 2.75) is 25.7 Å². The molecule has 0 unspecified atom stereocenters. The van der Waals surface area contributed by atoms with Crippen LogP contribution in [0.1, 0.15) is 36.0 Å². The zero-order valence-electron chi connectivity index (χ0n) is 9.74. The molecule has 2 nitrogen and oxygen atoms in total. The number of hydrogen-bond donors (Lipinski definition) is 0. The van der Waals surface area contributed by atoms with Crippen LogP contribution in [0.5, 0.6) is 5.75 Å². The molecule has 0 heterocycles. The standard InChI is InChI=1S/C14H18O2/c1-3-4-5-6-10-13(15)12-9-7-8-11-14(12)16-2/h3,7-9,11H,1,4-6,10H2,2H3. The number of rotatable bonds is 7. The molecule has 1 aromatic rings. The Morgan fingerprint density at radius 2 is 2.12 bits per heavy atom. The lowest BCUT2D eigenvalue weighted by Gasteiger charge is -2.06. The molecule has 0 bridgehead atoms. The summed E-state index contributed by atoms with van der Waals surface area (Å²) < 4.78 is 5.16. The van der Waals surface area contributed by atoms with Gasteiger partial charge in [0.1, 0.15) is 5.75 Å². The molecule has 0 amide bonds.